The van der Waals surface area contributed by atoms with Crippen LogP contribution in [0.2, 0.25) is 0 Å². The van der Waals surface area contributed by atoms with Gasteiger partial charge >= 0.3 is 0 Å². The van der Waals surface area contributed by atoms with Gasteiger partial charge in [-0.25, -0.2) is 0 Å². The molecule has 0 fully saturated rings. The summed E-state index contributed by atoms with van der Waals surface area (Å²) in [7, 11) is 0. The van der Waals surface area contributed by atoms with E-state index in [0.29, 0.717) is 11.3 Å². The summed E-state index contributed by atoms with van der Waals surface area (Å²) in [5.41, 5.74) is 0.195. The molecule has 6 heteroatoms. The highest BCUT2D eigenvalue weighted by Gasteiger charge is 2.17. The molecule has 0 amide bonds. The Morgan fingerprint density at radius 1 is 0.905 bits per heavy atom. The van der Waals surface area contributed by atoms with E-state index in [-0.39, 0.29) is 28.0 Å². The Balaban J connectivity index is 0.00000161. The van der Waals surface area contributed by atoms with Crippen molar-refractivity contribution in [1.29, 1.82) is 0 Å². The number of hydrogen-bond acceptors (Lipinski definition) is 5. The van der Waals surface area contributed by atoms with Gasteiger partial charge in [-0.3, -0.25) is 4.79 Å². The van der Waals surface area contributed by atoms with Gasteiger partial charge in [-0.15, -0.1) is 17.0 Å². The topological polar surface area (TPSA) is 90.9 Å². The highest BCUT2D eigenvalue weighted by Crippen LogP contribution is 2.40. The zero-order chi connectivity index (χ0) is 14.3. The lowest BCUT2D eigenvalue weighted by atomic mass is 10.1. The smallest absolute Gasteiger partial charge is 0.201 e. The van der Waals surface area contributed by atoms with Gasteiger partial charge in [0.05, 0.1) is 0 Å². The molecule has 5 nitrogen and oxygen atoms in total. The van der Waals surface area contributed by atoms with Crippen molar-refractivity contribution in [2.45, 2.75) is 0 Å². The lowest BCUT2D eigenvalue weighted by Gasteiger charge is -2.06. The molecule has 0 saturated heterocycles. The second-order valence-corrected chi connectivity index (χ2v) is 4.31. The van der Waals surface area contributed by atoms with Crippen molar-refractivity contribution in [2.75, 3.05) is 0 Å². The van der Waals surface area contributed by atoms with Crippen LogP contribution >= 0.6 is 17.0 Å². The van der Waals surface area contributed by atoms with Gasteiger partial charge in [0.25, 0.3) is 0 Å². The van der Waals surface area contributed by atoms with E-state index >= 15 is 0 Å². The number of fused-ring (bicyclic) bond motifs is 1. The molecule has 0 aliphatic carbocycles. The predicted molar refractivity (Wildman–Crippen MR) is 83.2 cm³/mol. The van der Waals surface area contributed by atoms with Crippen LogP contribution in [0, 0.1) is 0 Å². The molecule has 3 rings (SSSR count). The first-order valence-corrected chi connectivity index (χ1v) is 5.85. The predicted octanol–water partition coefficient (Wildman–Crippen LogP) is 3.15. The van der Waals surface area contributed by atoms with Gasteiger partial charge in [-0.05, 0) is 0 Å². The minimum atomic E-state index is -0.739. The maximum Gasteiger partial charge on any atom is 0.201 e. The van der Waals surface area contributed by atoms with Gasteiger partial charge in [0.1, 0.15) is 16.7 Å². The Labute approximate surface area is 129 Å². The van der Waals surface area contributed by atoms with E-state index in [4.69, 9.17) is 4.42 Å². The Morgan fingerprint density at radius 2 is 1.57 bits per heavy atom. The lowest BCUT2D eigenvalue weighted by Crippen LogP contribution is -2.00. The fourth-order valence-electron chi connectivity index (χ4n) is 2.02. The van der Waals surface area contributed by atoms with Gasteiger partial charge in [0.15, 0.2) is 16.9 Å². The summed E-state index contributed by atoms with van der Waals surface area (Å²) in [5, 5.41) is 28.5. The number of halogens is 1. The van der Waals surface area contributed by atoms with Crippen molar-refractivity contribution >= 4 is 28.0 Å². The van der Waals surface area contributed by atoms with Crippen LogP contribution in [0.3, 0.4) is 0 Å². The normalized spacial score (nSPS) is 10.3. The lowest BCUT2D eigenvalue weighted by molar-refractivity contribution is 0.370. The number of aromatic hydroxyl groups is 3. The molecule has 1 heterocycles. The standard InChI is InChI=1S/C15H10O5.BrH/c16-9-6-11(8-4-2-1-3-5-8)20-12-7-10(17)14(18)15(19)13(9)12;/h1-7,17-19H;1H. The molecule has 0 unspecified atom stereocenters. The number of rotatable bonds is 1. The summed E-state index contributed by atoms with van der Waals surface area (Å²) in [6.45, 7) is 0. The van der Waals surface area contributed by atoms with Crippen LogP contribution in [0.25, 0.3) is 22.3 Å². The van der Waals surface area contributed by atoms with Crippen LogP contribution in [0.5, 0.6) is 17.2 Å². The molecular weight excluding hydrogens is 340 g/mol. The third-order valence-electron chi connectivity index (χ3n) is 3.00. The average molecular weight is 351 g/mol. The summed E-state index contributed by atoms with van der Waals surface area (Å²) < 4.78 is 5.51. The van der Waals surface area contributed by atoms with Crippen LogP contribution in [0.4, 0.5) is 0 Å². The quantitative estimate of drug-likeness (QED) is 0.586. The van der Waals surface area contributed by atoms with Crippen molar-refractivity contribution in [3.05, 3.63) is 52.7 Å². The molecule has 0 aliphatic rings. The molecule has 2 aromatic carbocycles. The average Bonchev–Trinajstić information content (AvgIpc) is 2.45. The molecule has 108 valence electrons. The minimum absolute atomic E-state index is 0. The van der Waals surface area contributed by atoms with Crippen molar-refractivity contribution < 1.29 is 19.7 Å². The van der Waals surface area contributed by atoms with E-state index in [1.54, 1.807) is 24.3 Å². The summed E-state index contributed by atoms with van der Waals surface area (Å²) in [6, 6.07) is 11.3. The first kappa shape index (κ1) is 14.9. The van der Waals surface area contributed by atoms with Crippen LogP contribution < -0.4 is 5.43 Å². The maximum atomic E-state index is 12.0. The summed E-state index contributed by atoms with van der Waals surface area (Å²) in [4.78, 5) is 12.0. The Morgan fingerprint density at radius 3 is 2.24 bits per heavy atom. The first-order chi connectivity index (χ1) is 9.58. The zero-order valence-corrected chi connectivity index (χ0v) is 12.3. The van der Waals surface area contributed by atoms with E-state index in [2.05, 4.69) is 0 Å². The van der Waals surface area contributed by atoms with E-state index in [9.17, 15) is 20.1 Å². The summed E-state index contributed by atoms with van der Waals surface area (Å²) in [6.07, 6.45) is 0. The molecule has 21 heavy (non-hydrogen) atoms. The second-order valence-electron chi connectivity index (χ2n) is 4.31. The van der Waals surface area contributed by atoms with Crippen molar-refractivity contribution in [2.24, 2.45) is 0 Å². The number of hydrogen-bond donors (Lipinski definition) is 3. The van der Waals surface area contributed by atoms with E-state index in [1.807, 2.05) is 6.07 Å². The van der Waals surface area contributed by atoms with E-state index in [1.165, 1.54) is 6.07 Å². The molecule has 0 saturated carbocycles. The Hall–Kier alpha value is -2.47. The largest absolute Gasteiger partial charge is 0.504 e. The highest BCUT2D eigenvalue weighted by molar-refractivity contribution is 8.93. The molecule has 1 aromatic heterocycles. The second kappa shape index (κ2) is 5.49. The van der Waals surface area contributed by atoms with Crippen LogP contribution in [-0.4, -0.2) is 15.3 Å². The van der Waals surface area contributed by atoms with Gasteiger partial charge in [-0.2, -0.15) is 0 Å². The third kappa shape index (κ3) is 2.45. The molecule has 0 bridgehead atoms. The minimum Gasteiger partial charge on any atom is -0.504 e. The van der Waals surface area contributed by atoms with Gasteiger partial charge < -0.3 is 19.7 Å². The van der Waals surface area contributed by atoms with Gasteiger partial charge in [-0.1, -0.05) is 30.3 Å². The third-order valence-corrected chi connectivity index (χ3v) is 3.00. The molecule has 3 N–H and O–H groups in total. The van der Waals surface area contributed by atoms with Gasteiger partial charge in [0, 0.05) is 17.7 Å². The molecule has 0 radical (unpaired) electrons. The molecule has 0 atom stereocenters. The molecule has 3 aromatic rings. The highest BCUT2D eigenvalue weighted by atomic mass is 79.9. The van der Waals surface area contributed by atoms with Gasteiger partial charge in [0.2, 0.25) is 5.75 Å². The maximum absolute atomic E-state index is 12.0. The number of phenolic OH excluding ortho intramolecular Hbond substituents is 3. The first-order valence-electron chi connectivity index (χ1n) is 5.85. The zero-order valence-electron chi connectivity index (χ0n) is 10.6. The monoisotopic (exact) mass is 350 g/mol. The fraction of sp³-hybridized carbons (Fsp3) is 0. The van der Waals surface area contributed by atoms with Crippen LogP contribution in [0.15, 0.2) is 51.7 Å². The van der Waals surface area contributed by atoms with E-state index in [0.717, 1.165) is 6.07 Å². The number of phenols is 3. The van der Waals surface area contributed by atoms with Crippen molar-refractivity contribution in [3.8, 4) is 28.6 Å². The number of benzene rings is 2. The van der Waals surface area contributed by atoms with Crippen molar-refractivity contribution in [3.63, 3.8) is 0 Å². The summed E-state index contributed by atoms with van der Waals surface area (Å²) >= 11 is 0. The SMILES string of the molecule is Br.O=c1cc(-c2ccccc2)oc2cc(O)c(O)c(O)c12. The molecule has 0 aliphatic heterocycles. The fourth-order valence-corrected chi connectivity index (χ4v) is 2.02. The molecule has 0 spiro atoms. The molecular formula is C15H11BrO5. The Bertz CT molecular complexity index is 855. The Kier molecular flexibility index (Phi) is 3.90. The van der Waals surface area contributed by atoms with Crippen molar-refractivity contribution in [1.82, 2.24) is 0 Å². The summed E-state index contributed by atoms with van der Waals surface area (Å²) in [5.74, 6) is -1.67. The van der Waals surface area contributed by atoms with Crippen LogP contribution in [-0.2, 0) is 0 Å². The van der Waals surface area contributed by atoms with Crippen LogP contribution in [0.1, 0.15) is 0 Å². The van der Waals surface area contributed by atoms with E-state index < -0.39 is 22.7 Å².